The summed E-state index contributed by atoms with van der Waals surface area (Å²) in [5, 5.41) is 0. The second kappa shape index (κ2) is 6.46. The number of hydrogen-bond donors (Lipinski definition) is 1. The molecule has 0 unspecified atom stereocenters. The van der Waals surface area contributed by atoms with Crippen LogP contribution in [0.4, 0.5) is 0 Å². The van der Waals surface area contributed by atoms with Crippen LogP contribution < -0.4 is 10.5 Å². The van der Waals surface area contributed by atoms with Gasteiger partial charge in [0.05, 0.1) is 7.11 Å². The molecule has 0 saturated carbocycles. The first-order valence-electron chi connectivity index (χ1n) is 5.97. The van der Waals surface area contributed by atoms with Gasteiger partial charge in [-0.1, -0.05) is 17.8 Å². The van der Waals surface area contributed by atoms with Gasteiger partial charge in [0.2, 0.25) is 0 Å². The van der Waals surface area contributed by atoms with Crippen LogP contribution in [0.15, 0.2) is 56.7 Å². The van der Waals surface area contributed by atoms with Gasteiger partial charge < -0.3 is 10.5 Å². The summed E-state index contributed by atoms with van der Waals surface area (Å²) in [6.07, 6.45) is 0. The van der Waals surface area contributed by atoms with Crippen molar-refractivity contribution < 1.29 is 4.74 Å². The number of benzene rings is 2. The molecular formula is C15H16BrNOS. The quantitative estimate of drug-likeness (QED) is 0.883. The molecule has 2 nitrogen and oxygen atoms in total. The Bertz CT molecular complexity index is 555. The number of ether oxygens (including phenoxy) is 1. The fourth-order valence-electron chi connectivity index (χ4n) is 1.65. The second-order valence-corrected chi connectivity index (χ2v) is 6.23. The Labute approximate surface area is 126 Å². The highest BCUT2D eigenvalue weighted by molar-refractivity contribution is 9.10. The molecule has 0 aromatic heterocycles. The zero-order valence-corrected chi connectivity index (χ0v) is 13.3. The predicted octanol–water partition coefficient (Wildman–Crippen LogP) is 4.63. The molecule has 0 bridgehead atoms. The van der Waals surface area contributed by atoms with Gasteiger partial charge in [-0.2, -0.15) is 0 Å². The first kappa shape index (κ1) is 14.4. The van der Waals surface area contributed by atoms with Crippen LogP contribution in [0.5, 0.6) is 5.75 Å². The number of rotatable bonds is 4. The Balaban J connectivity index is 2.18. The van der Waals surface area contributed by atoms with E-state index in [0.29, 0.717) is 0 Å². The van der Waals surface area contributed by atoms with Crippen molar-refractivity contribution in [2.45, 2.75) is 22.8 Å². The molecule has 0 radical (unpaired) electrons. The van der Waals surface area contributed by atoms with Crippen molar-refractivity contribution in [2.75, 3.05) is 7.11 Å². The zero-order valence-electron chi connectivity index (χ0n) is 10.9. The van der Waals surface area contributed by atoms with E-state index in [0.717, 1.165) is 15.8 Å². The molecule has 2 N–H and O–H groups in total. The fourth-order valence-corrected chi connectivity index (χ4v) is 3.11. The minimum absolute atomic E-state index is 0.0522. The lowest BCUT2D eigenvalue weighted by Gasteiger charge is -2.10. The highest BCUT2D eigenvalue weighted by atomic mass is 79.9. The molecule has 0 fully saturated rings. The molecule has 100 valence electrons. The van der Waals surface area contributed by atoms with E-state index in [1.807, 2.05) is 19.1 Å². The third-order valence-corrected chi connectivity index (χ3v) is 4.77. The molecule has 2 aromatic rings. The topological polar surface area (TPSA) is 35.2 Å². The lowest BCUT2D eigenvalue weighted by Crippen LogP contribution is -2.04. The summed E-state index contributed by atoms with van der Waals surface area (Å²) in [6, 6.07) is 14.3. The Kier molecular flexibility index (Phi) is 4.91. The smallest absolute Gasteiger partial charge is 0.118 e. The molecule has 2 rings (SSSR count). The van der Waals surface area contributed by atoms with Crippen LogP contribution in [0.2, 0.25) is 0 Å². The van der Waals surface area contributed by atoms with E-state index >= 15 is 0 Å². The van der Waals surface area contributed by atoms with Gasteiger partial charge in [-0.25, -0.2) is 0 Å². The monoisotopic (exact) mass is 337 g/mol. The van der Waals surface area contributed by atoms with Gasteiger partial charge in [0.15, 0.2) is 0 Å². The first-order chi connectivity index (χ1) is 9.10. The molecule has 0 spiro atoms. The van der Waals surface area contributed by atoms with Gasteiger partial charge >= 0.3 is 0 Å². The maximum atomic E-state index is 5.88. The van der Waals surface area contributed by atoms with Crippen molar-refractivity contribution in [3.05, 3.63) is 52.5 Å². The fraction of sp³-hybridized carbons (Fsp3) is 0.200. The van der Waals surface area contributed by atoms with E-state index in [1.165, 1.54) is 9.79 Å². The Morgan fingerprint density at radius 1 is 1.16 bits per heavy atom. The number of nitrogens with two attached hydrogens (primary N) is 1. The molecule has 0 heterocycles. The van der Waals surface area contributed by atoms with E-state index in [2.05, 4.69) is 46.3 Å². The standard InChI is InChI=1S/C15H16BrNOS/c1-10(17)11-3-8-15(14(16)9-11)19-13-6-4-12(18-2)5-7-13/h3-10H,17H2,1-2H3/t10-/m1/s1. The Hall–Kier alpha value is -0.970. The highest BCUT2D eigenvalue weighted by Gasteiger charge is 2.06. The highest BCUT2D eigenvalue weighted by Crippen LogP contribution is 2.35. The summed E-state index contributed by atoms with van der Waals surface area (Å²) in [4.78, 5) is 2.35. The van der Waals surface area contributed by atoms with E-state index in [9.17, 15) is 0 Å². The first-order valence-corrected chi connectivity index (χ1v) is 7.58. The van der Waals surface area contributed by atoms with Crippen molar-refractivity contribution in [1.29, 1.82) is 0 Å². The van der Waals surface area contributed by atoms with E-state index in [4.69, 9.17) is 10.5 Å². The van der Waals surface area contributed by atoms with Gasteiger partial charge in [0.25, 0.3) is 0 Å². The lowest BCUT2D eigenvalue weighted by atomic mass is 10.1. The van der Waals surface area contributed by atoms with Crippen LogP contribution in [0.3, 0.4) is 0 Å². The van der Waals surface area contributed by atoms with Crippen molar-refractivity contribution in [3.63, 3.8) is 0 Å². The Morgan fingerprint density at radius 2 is 1.84 bits per heavy atom. The zero-order chi connectivity index (χ0) is 13.8. The van der Waals surface area contributed by atoms with Gasteiger partial charge in [0.1, 0.15) is 5.75 Å². The normalized spacial score (nSPS) is 12.2. The van der Waals surface area contributed by atoms with Crippen molar-refractivity contribution in [1.82, 2.24) is 0 Å². The molecule has 0 saturated heterocycles. The summed E-state index contributed by atoms with van der Waals surface area (Å²) < 4.78 is 6.23. The molecular weight excluding hydrogens is 322 g/mol. The van der Waals surface area contributed by atoms with Gasteiger partial charge in [-0.05, 0) is 64.8 Å². The minimum Gasteiger partial charge on any atom is -0.497 e. The third kappa shape index (κ3) is 3.75. The van der Waals surface area contributed by atoms with Crippen molar-refractivity contribution >= 4 is 27.7 Å². The van der Waals surface area contributed by atoms with Crippen LogP contribution in [0.25, 0.3) is 0 Å². The third-order valence-electron chi connectivity index (χ3n) is 2.77. The summed E-state index contributed by atoms with van der Waals surface area (Å²) in [5.41, 5.74) is 7.01. The SMILES string of the molecule is COc1ccc(Sc2ccc([C@@H](C)N)cc2Br)cc1. The van der Waals surface area contributed by atoms with E-state index in [1.54, 1.807) is 18.9 Å². The second-order valence-electron chi connectivity index (χ2n) is 4.26. The molecule has 2 aromatic carbocycles. The van der Waals surface area contributed by atoms with E-state index < -0.39 is 0 Å². The lowest BCUT2D eigenvalue weighted by molar-refractivity contribution is 0.414. The molecule has 1 atom stereocenters. The van der Waals surface area contributed by atoms with Gasteiger partial charge in [-0.3, -0.25) is 0 Å². The molecule has 0 amide bonds. The molecule has 19 heavy (non-hydrogen) atoms. The van der Waals surface area contributed by atoms with Crippen LogP contribution in [-0.4, -0.2) is 7.11 Å². The number of halogens is 1. The maximum Gasteiger partial charge on any atom is 0.118 e. The average molecular weight is 338 g/mol. The van der Waals surface area contributed by atoms with Crippen LogP contribution in [0.1, 0.15) is 18.5 Å². The van der Waals surface area contributed by atoms with Crippen LogP contribution in [-0.2, 0) is 0 Å². The molecule has 0 aliphatic carbocycles. The van der Waals surface area contributed by atoms with Crippen LogP contribution >= 0.6 is 27.7 Å². The van der Waals surface area contributed by atoms with Gasteiger partial charge in [0, 0.05) is 20.3 Å². The maximum absolute atomic E-state index is 5.88. The number of methoxy groups -OCH3 is 1. The summed E-state index contributed by atoms with van der Waals surface area (Å²) in [7, 11) is 1.67. The Morgan fingerprint density at radius 3 is 2.37 bits per heavy atom. The van der Waals surface area contributed by atoms with Crippen molar-refractivity contribution in [2.24, 2.45) is 5.73 Å². The summed E-state index contributed by atoms with van der Waals surface area (Å²) in [5.74, 6) is 0.871. The van der Waals surface area contributed by atoms with E-state index in [-0.39, 0.29) is 6.04 Å². The van der Waals surface area contributed by atoms with Gasteiger partial charge in [-0.15, -0.1) is 0 Å². The number of hydrogen-bond acceptors (Lipinski definition) is 3. The predicted molar refractivity (Wildman–Crippen MR) is 83.9 cm³/mol. The average Bonchev–Trinajstić information content (AvgIpc) is 2.41. The summed E-state index contributed by atoms with van der Waals surface area (Å²) >= 11 is 5.31. The minimum atomic E-state index is 0.0522. The molecule has 0 aliphatic heterocycles. The summed E-state index contributed by atoms with van der Waals surface area (Å²) in [6.45, 7) is 1.98. The largest absolute Gasteiger partial charge is 0.497 e. The molecule has 4 heteroatoms. The van der Waals surface area contributed by atoms with Crippen LogP contribution in [0, 0.1) is 0 Å². The van der Waals surface area contributed by atoms with Crippen molar-refractivity contribution in [3.8, 4) is 5.75 Å². The molecule has 0 aliphatic rings.